The zero-order chi connectivity index (χ0) is 16.2. The number of nitrogens with zero attached hydrogens (tertiary/aromatic N) is 4. The fraction of sp³-hybridized carbons (Fsp3) is 0.800. The van der Waals surface area contributed by atoms with E-state index in [9.17, 15) is 4.79 Å². The normalized spacial score (nSPS) is 16.8. The minimum atomic E-state index is -0.425. The first kappa shape index (κ1) is 16.7. The van der Waals surface area contributed by atoms with Crippen molar-refractivity contribution < 1.29 is 9.53 Å². The lowest BCUT2D eigenvalue weighted by molar-refractivity contribution is 0.0184. The Morgan fingerprint density at radius 3 is 2.64 bits per heavy atom. The number of ether oxygens (including phenoxy) is 1. The number of carbonyl (C=O) groups is 1. The van der Waals surface area contributed by atoms with Crippen LogP contribution < -0.4 is 5.32 Å². The van der Waals surface area contributed by atoms with E-state index < -0.39 is 5.60 Å². The van der Waals surface area contributed by atoms with Crippen LogP contribution in [0.15, 0.2) is 6.33 Å². The smallest absolute Gasteiger partial charge is 0.410 e. The van der Waals surface area contributed by atoms with Gasteiger partial charge in [-0.1, -0.05) is 0 Å². The van der Waals surface area contributed by atoms with Crippen molar-refractivity contribution in [3.63, 3.8) is 0 Å². The summed E-state index contributed by atoms with van der Waals surface area (Å²) in [5.41, 5.74) is -0.425. The standard InChI is InChI=1S/C15H27N5O2/c1-15(2,3)22-14(21)20-7-5-12(6-8-20)9-16-10-13-18-17-11-19(13)4/h11-12,16H,5-10H2,1-4H3. The van der Waals surface area contributed by atoms with Crippen molar-refractivity contribution >= 4 is 6.09 Å². The van der Waals surface area contributed by atoms with Crippen LogP contribution in [0.3, 0.4) is 0 Å². The van der Waals surface area contributed by atoms with Gasteiger partial charge in [-0.15, -0.1) is 10.2 Å². The van der Waals surface area contributed by atoms with Crippen LogP contribution in [0.5, 0.6) is 0 Å². The summed E-state index contributed by atoms with van der Waals surface area (Å²) in [4.78, 5) is 13.8. The van der Waals surface area contributed by atoms with Gasteiger partial charge in [0.15, 0.2) is 0 Å². The Labute approximate surface area is 132 Å². The molecule has 1 amide bonds. The predicted molar refractivity (Wildman–Crippen MR) is 83.2 cm³/mol. The van der Waals surface area contributed by atoms with Crippen LogP contribution in [0.1, 0.15) is 39.4 Å². The molecule has 1 fully saturated rings. The minimum Gasteiger partial charge on any atom is -0.444 e. The van der Waals surface area contributed by atoms with Crippen molar-refractivity contribution in [1.82, 2.24) is 25.0 Å². The van der Waals surface area contributed by atoms with Gasteiger partial charge in [0, 0.05) is 20.1 Å². The molecule has 2 rings (SSSR count). The van der Waals surface area contributed by atoms with E-state index >= 15 is 0 Å². The van der Waals surface area contributed by atoms with Crippen LogP contribution in [0.25, 0.3) is 0 Å². The molecule has 1 saturated heterocycles. The molecule has 0 spiro atoms. The van der Waals surface area contributed by atoms with Crippen molar-refractivity contribution in [1.29, 1.82) is 0 Å². The monoisotopic (exact) mass is 309 g/mol. The molecular weight excluding hydrogens is 282 g/mol. The Bertz CT molecular complexity index is 486. The Hall–Kier alpha value is -1.63. The largest absolute Gasteiger partial charge is 0.444 e. The fourth-order valence-corrected chi connectivity index (χ4v) is 2.50. The number of hydrogen-bond donors (Lipinski definition) is 1. The maximum absolute atomic E-state index is 12.0. The molecule has 0 aromatic carbocycles. The third-order valence-corrected chi connectivity index (χ3v) is 3.79. The first-order valence-corrected chi connectivity index (χ1v) is 7.86. The van der Waals surface area contributed by atoms with Gasteiger partial charge >= 0.3 is 6.09 Å². The number of aryl methyl sites for hydroxylation is 1. The summed E-state index contributed by atoms with van der Waals surface area (Å²) in [5.74, 6) is 1.53. The molecule has 124 valence electrons. The highest BCUT2D eigenvalue weighted by molar-refractivity contribution is 5.68. The summed E-state index contributed by atoms with van der Waals surface area (Å²) in [6.07, 6.45) is 3.52. The fourth-order valence-electron chi connectivity index (χ4n) is 2.50. The minimum absolute atomic E-state index is 0.196. The van der Waals surface area contributed by atoms with E-state index in [1.54, 1.807) is 6.33 Å². The third-order valence-electron chi connectivity index (χ3n) is 3.79. The van der Waals surface area contributed by atoms with E-state index in [0.717, 1.165) is 44.8 Å². The summed E-state index contributed by atoms with van der Waals surface area (Å²) in [7, 11) is 1.94. The molecule has 0 aliphatic carbocycles. The van der Waals surface area contributed by atoms with Gasteiger partial charge in [-0.25, -0.2) is 4.79 Å². The zero-order valence-corrected chi connectivity index (χ0v) is 14.0. The number of hydrogen-bond acceptors (Lipinski definition) is 5. The number of aromatic nitrogens is 3. The summed E-state index contributed by atoms with van der Waals surface area (Å²) in [5, 5.41) is 11.3. The lowest BCUT2D eigenvalue weighted by Crippen LogP contribution is -2.43. The topological polar surface area (TPSA) is 72.3 Å². The van der Waals surface area contributed by atoms with E-state index in [0.29, 0.717) is 5.92 Å². The number of likely N-dealkylation sites (tertiary alicyclic amines) is 1. The van der Waals surface area contributed by atoms with Gasteiger partial charge in [0.25, 0.3) is 0 Å². The molecule has 22 heavy (non-hydrogen) atoms. The number of carbonyl (C=O) groups excluding carboxylic acids is 1. The first-order valence-electron chi connectivity index (χ1n) is 7.86. The molecule has 2 heterocycles. The molecule has 0 saturated carbocycles. The molecule has 0 unspecified atom stereocenters. The second kappa shape index (κ2) is 7.09. The van der Waals surface area contributed by atoms with Gasteiger partial charge in [-0.05, 0) is 46.1 Å². The summed E-state index contributed by atoms with van der Waals surface area (Å²) >= 11 is 0. The van der Waals surface area contributed by atoms with Gasteiger partial charge in [-0.2, -0.15) is 0 Å². The van der Waals surface area contributed by atoms with Crippen LogP contribution in [-0.2, 0) is 18.3 Å². The van der Waals surface area contributed by atoms with E-state index in [4.69, 9.17) is 4.74 Å². The molecule has 0 radical (unpaired) electrons. The number of piperidine rings is 1. The van der Waals surface area contributed by atoms with E-state index in [1.807, 2.05) is 37.3 Å². The molecule has 0 atom stereocenters. The second-order valence-corrected chi connectivity index (χ2v) is 6.90. The highest BCUT2D eigenvalue weighted by atomic mass is 16.6. The van der Waals surface area contributed by atoms with Crippen LogP contribution in [0.4, 0.5) is 4.79 Å². The van der Waals surface area contributed by atoms with Crippen LogP contribution in [-0.4, -0.2) is 51.0 Å². The Balaban J connectivity index is 1.67. The Kier molecular flexibility index (Phi) is 5.39. The molecular formula is C15H27N5O2. The van der Waals surface area contributed by atoms with Gasteiger partial charge in [0.2, 0.25) is 0 Å². The number of rotatable bonds is 4. The molecule has 7 heteroatoms. The van der Waals surface area contributed by atoms with Gasteiger partial charge < -0.3 is 19.5 Å². The highest BCUT2D eigenvalue weighted by Gasteiger charge is 2.26. The molecule has 1 aliphatic heterocycles. The summed E-state index contributed by atoms with van der Waals surface area (Å²) < 4.78 is 7.32. The van der Waals surface area contributed by atoms with Crippen LogP contribution in [0, 0.1) is 5.92 Å². The summed E-state index contributed by atoms with van der Waals surface area (Å²) in [6, 6.07) is 0. The zero-order valence-electron chi connectivity index (χ0n) is 14.0. The molecule has 1 aliphatic rings. The van der Waals surface area contributed by atoms with Crippen LogP contribution >= 0.6 is 0 Å². The SMILES string of the molecule is Cn1cnnc1CNCC1CCN(C(=O)OC(C)(C)C)CC1. The van der Waals surface area contributed by atoms with Gasteiger partial charge in [0.05, 0.1) is 6.54 Å². The van der Waals surface area contributed by atoms with E-state index in [1.165, 1.54) is 0 Å². The van der Waals surface area contributed by atoms with E-state index in [-0.39, 0.29) is 6.09 Å². The summed E-state index contributed by atoms with van der Waals surface area (Å²) in [6.45, 7) is 8.89. The highest BCUT2D eigenvalue weighted by Crippen LogP contribution is 2.19. The third kappa shape index (κ3) is 4.98. The molecule has 1 aromatic rings. The van der Waals surface area contributed by atoms with Gasteiger partial charge in [-0.3, -0.25) is 0 Å². The van der Waals surface area contributed by atoms with Crippen LogP contribution in [0.2, 0.25) is 0 Å². The van der Waals surface area contributed by atoms with Crippen molar-refractivity contribution in [3.8, 4) is 0 Å². The molecule has 0 bridgehead atoms. The van der Waals surface area contributed by atoms with Crippen molar-refractivity contribution in [3.05, 3.63) is 12.2 Å². The van der Waals surface area contributed by atoms with Crippen molar-refractivity contribution in [2.45, 2.75) is 45.8 Å². The average Bonchev–Trinajstić information content (AvgIpc) is 2.83. The maximum Gasteiger partial charge on any atom is 0.410 e. The lowest BCUT2D eigenvalue weighted by Gasteiger charge is -2.33. The quantitative estimate of drug-likeness (QED) is 0.913. The predicted octanol–water partition coefficient (Wildman–Crippen LogP) is 1.55. The van der Waals surface area contributed by atoms with E-state index in [2.05, 4.69) is 15.5 Å². The maximum atomic E-state index is 12.0. The Morgan fingerprint density at radius 1 is 1.41 bits per heavy atom. The molecule has 1 N–H and O–H groups in total. The van der Waals surface area contributed by atoms with Crippen molar-refractivity contribution in [2.75, 3.05) is 19.6 Å². The Morgan fingerprint density at radius 2 is 2.09 bits per heavy atom. The molecule has 1 aromatic heterocycles. The van der Waals surface area contributed by atoms with Crippen molar-refractivity contribution in [2.24, 2.45) is 13.0 Å². The number of nitrogens with one attached hydrogen (secondary N) is 1. The first-order chi connectivity index (χ1) is 10.3. The second-order valence-electron chi connectivity index (χ2n) is 6.90. The average molecular weight is 309 g/mol. The van der Waals surface area contributed by atoms with Gasteiger partial charge in [0.1, 0.15) is 17.8 Å². The molecule has 7 nitrogen and oxygen atoms in total. The lowest BCUT2D eigenvalue weighted by atomic mass is 9.97. The number of amides is 1.